The van der Waals surface area contributed by atoms with Gasteiger partial charge in [0.15, 0.2) is 0 Å². The van der Waals surface area contributed by atoms with Crippen molar-refractivity contribution in [2.24, 2.45) is 5.73 Å². The Balaban J connectivity index is 2.29. The molecular formula is C13H21NO2S. The number of ether oxygens (including phenoxy) is 2. The van der Waals surface area contributed by atoms with Crippen molar-refractivity contribution in [3.05, 3.63) is 24.3 Å². The molecule has 0 bridgehead atoms. The standard InChI is InChI=1S/C13H21NO2S/c1-3-15-12(10-14)8-9-16-11-4-6-13(17-2)7-5-11/h4-7,12H,3,8-10,14H2,1-2H3. The molecule has 0 saturated carbocycles. The van der Waals surface area contributed by atoms with Gasteiger partial charge < -0.3 is 15.2 Å². The molecule has 0 fully saturated rings. The highest BCUT2D eigenvalue weighted by atomic mass is 32.2. The number of hydrogen-bond acceptors (Lipinski definition) is 4. The predicted octanol–water partition coefficient (Wildman–Crippen LogP) is 2.54. The molecule has 96 valence electrons. The Morgan fingerprint density at radius 1 is 1.29 bits per heavy atom. The van der Waals surface area contributed by atoms with Crippen LogP contribution in [0.1, 0.15) is 13.3 Å². The van der Waals surface area contributed by atoms with Crippen LogP contribution in [0, 0.1) is 0 Å². The first-order valence-corrected chi connectivity index (χ1v) is 7.11. The molecule has 0 aromatic heterocycles. The fourth-order valence-corrected chi connectivity index (χ4v) is 1.89. The van der Waals surface area contributed by atoms with Crippen molar-refractivity contribution >= 4 is 11.8 Å². The topological polar surface area (TPSA) is 44.5 Å². The van der Waals surface area contributed by atoms with Gasteiger partial charge in [0.05, 0.1) is 12.7 Å². The predicted molar refractivity (Wildman–Crippen MR) is 72.8 cm³/mol. The fourth-order valence-electron chi connectivity index (χ4n) is 1.49. The van der Waals surface area contributed by atoms with Gasteiger partial charge >= 0.3 is 0 Å². The van der Waals surface area contributed by atoms with Gasteiger partial charge in [-0.15, -0.1) is 11.8 Å². The van der Waals surface area contributed by atoms with Crippen LogP contribution in [0.2, 0.25) is 0 Å². The van der Waals surface area contributed by atoms with Crippen molar-refractivity contribution < 1.29 is 9.47 Å². The highest BCUT2D eigenvalue weighted by molar-refractivity contribution is 7.98. The minimum atomic E-state index is 0.102. The second-order valence-corrected chi connectivity index (χ2v) is 4.51. The Hall–Kier alpha value is -0.710. The first-order valence-electron chi connectivity index (χ1n) is 5.88. The molecule has 0 aliphatic heterocycles. The monoisotopic (exact) mass is 255 g/mol. The molecule has 1 aromatic carbocycles. The summed E-state index contributed by atoms with van der Waals surface area (Å²) >= 11 is 1.72. The summed E-state index contributed by atoms with van der Waals surface area (Å²) in [5.41, 5.74) is 5.59. The summed E-state index contributed by atoms with van der Waals surface area (Å²) in [4.78, 5) is 1.24. The molecule has 0 amide bonds. The summed E-state index contributed by atoms with van der Waals surface area (Å²) in [6.07, 6.45) is 2.99. The van der Waals surface area contributed by atoms with E-state index in [1.807, 2.05) is 19.1 Å². The fraction of sp³-hybridized carbons (Fsp3) is 0.538. The first kappa shape index (κ1) is 14.4. The third kappa shape index (κ3) is 5.44. The summed E-state index contributed by atoms with van der Waals surface area (Å²) in [5, 5.41) is 0. The van der Waals surface area contributed by atoms with E-state index in [-0.39, 0.29) is 6.10 Å². The number of nitrogens with two attached hydrogens (primary N) is 1. The molecule has 3 nitrogen and oxygen atoms in total. The Labute approximate surface area is 108 Å². The van der Waals surface area contributed by atoms with E-state index in [2.05, 4.69) is 18.4 Å². The molecule has 1 unspecified atom stereocenters. The van der Waals surface area contributed by atoms with Gasteiger partial charge in [-0.1, -0.05) is 0 Å². The largest absolute Gasteiger partial charge is 0.493 e. The minimum absolute atomic E-state index is 0.102. The maximum Gasteiger partial charge on any atom is 0.119 e. The lowest BCUT2D eigenvalue weighted by Crippen LogP contribution is -2.25. The molecule has 1 atom stereocenters. The molecule has 0 heterocycles. The van der Waals surface area contributed by atoms with Crippen LogP contribution in [0.4, 0.5) is 0 Å². The zero-order valence-corrected chi connectivity index (χ0v) is 11.3. The van der Waals surface area contributed by atoms with Crippen LogP contribution >= 0.6 is 11.8 Å². The second-order valence-electron chi connectivity index (χ2n) is 3.63. The minimum Gasteiger partial charge on any atom is -0.493 e. The van der Waals surface area contributed by atoms with Gasteiger partial charge in [-0.25, -0.2) is 0 Å². The van der Waals surface area contributed by atoms with Crippen LogP contribution < -0.4 is 10.5 Å². The summed E-state index contributed by atoms with van der Waals surface area (Å²) in [6.45, 7) is 3.86. The molecular weight excluding hydrogens is 234 g/mol. The number of benzene rings is 1. The molecule has 2 N–H and O–H groups in total. The van der Waals surface area contributed by atoms with Crippen LogP contribution in [0.15, 0.2) is 29.2 Å². The number of thioether (sulfide) groups is 1. The van der Waals surface area contributed by atoms with E-state index >= 15 is 0 Å². The zero-order chi connectivity index (χ0) is 12.5. The Morgan fingerprint density at radius 2 is 2.00 bits per heavy atom. The Morgan fingerprint density at radius 3 is 2.53 bits per heavy atom. The van der Waals surface area contributed by atoms with E-state index < -0.39 is 0 Å². The van der Waals surface area contributed by atoms with E-state index in [1.165, 1.54) is 4.90 Å². The lowest BCUT2D eigenvalue weighted by Gasteiger charge is -2.15. The molecule has 17 heavy (non-hydrogen) atoms. The van der Waals surface area contributed by atoms with Gasteiger partial charge in [0.1, 0.15) is 5.75 Å². The van der Waals surface area contributed by atoms with Crippen molar-refractivity contribution in [2.45, 2.75) is 24.3 Å². The second kappa shape index (κ2) is 8.39. The SMILES string of the molecule is CCOC(CN)CCOc1ccc(SC)cc1. The van der Waals surface area contributed by atoms with Gasteiger partial charge in [-0.3, -0.25) is 0 Å². The first-order chi connectivity index (χ1) is 8.30. The molecule has 1 rings (SSSR count). The van der Waals surface area contributed by atoms with E-state index in [0.717, 1.165) is 12.2 Å². The molecule has 0 aliphatic rings. The summed E-state index contributed by atoms with van der Waals surface area (Å²) in [7, 11) is 0. The third-order valence-electron chi connectivity index (χ3n) is 2.43. The van der Waals surface area contributed by atoms with E-state index in [4.69, 9.17) is 15.2 Å². The quantitative estimate of drug-likeness (QED) is 0.725. The van der Waals surface area contributed by atoms with Crippen LogP contribution in [-0.4, -0.2) is 32.1 Å². The smallest absolute Gasteiger partial charge is 0.119 e. The van der Waals surface area contributed by atoms with Crippen LogP contribution in [0.3, 0.4) is 0 Å². The van der Waals surface area contributed by atoms with E-state index in [0.29, 0.717) is 19.8 Å². The third-order valence-corrected chi connectivity index (χ3v) is 3.18. The van der Waals surface area contributed by atoms with Crippen molar-refractivity contribution in [1.29, 1.82) is 0 Å². The van der Waals surface area contributed by atoms with Crippen molar-refractivity contribution in [1.82, 2.24) is 0 Å². The van der Waals surface area contributed by atoms with Crippen molar-refractivity contribution in [3.63, 3.8) is 0 Å². The van der Waals surface area contributed by atoms with Crippen molar-refractivity contribution in [2.75, 3.05) is 26.0 Å². The number of hydrogen-bond donors (Lipinski definition) is 1. The maximum atomic E-state index is 5.64. The molecule has 1 aromatic rings. The van der Waals surface area contributed by atoms with Gasteiger partial charge in [0.25, 0.3) is 0 Å². The summed E-state index contributed by atoms with van der Waals surface area (Å²) < 4.78 is 11.1. The lowest BCUT2D eigenvalue weighted by molar-refractivity contribution is 0.0527. The molecule has 0 aliphatic carbocycles. The van der Waals surface area contributed by atoms with Gasteiger partial charge in [-0.2, -0.15) is 0 Å². The van der Waals surface area contributed by atoms with E-state index in [9.17, 15) is 0 Å². The van der Waals surface area contributed by atoms with Crippen molar-refractivity contribution in [3.8, 4) is 5.75 Å². The number of rotatable bonds is 8. The Bertz CT molecular complexity index is 303. The van der Waals surface area contributed by atoms with Gasteiger partial charge in [0.2, 0.25) is 0 Å². The summed E-state index contributed by atoms with van der Waals surface area (Å²) in [5.74, 6) is 0.898. The average Bonchev–Trinajstić information content (AvgIpc) is 2.38. The van der Waals surface area contributed by atoms with Crippen LogP contribution in [-0.2, 0) is 4.74 Å². The van der Waals surface area contributed by atoms with Gasteiger partial charge in [-0.05, 0) is 37.4 Å². The average molecular weight is 255 g/mol. The van der Waals surface area contributed by atoms with Crippen LogP contribution in [0.25, 0.3) is 0 Å². The molecule has 0 spiro atoms. The highest BCUT2D eigenvalue weighted by Crippen LogP contribution is 2.19. The molecule has 0 saturated heterocycles. The summed E-state index contributed by atoms with van der Waals surface area (Å²) in [6, 6.07) is 8.10. The zero-order valence-electron chi connectivity index (χ0n) is 10.5. The van der Waals surface area contributed by atoms with Crippen LogP contribution in [0.5, 0.6) is 5.75 Å². The maximum absolute atomic E-state index is 5.64. The van der Waals surface area contributed by atoms with Gasteiger partial charge in [0, 0.05) is 24.5 Å². The highest BCUT2D eigenvalue weighted by Gasteiger charge is 2.05. The van der Waals surface area contributed by atoms with E-state index in [1.54, 1.807) is 11.8 Å². The molecule has 4 heteroatoms. The molecule has 0 radical (unpaired) electrons. The normalized spacial score (nSPS) is 12.4. The Kier molecular flexibility index (Phi) is 7.08. The lowest BCUT2D eigenvalue weighted by atomic mass is 10.2.